The monoisotopic (exact) mass is 335 g/mol. The van der Waals surface area contributed by atoms with Crippen LogP contribution in [0.2, 0.25) is 0 Å². The van der Waals surface area contributed by atoms with Crippen molar-refractivity contribution in [2.75, 3.05) is 20.2 Å². The van der Waals surface area contributed by atoms with Crippen molar-refractivity contribution in [1.82, 2.24) is 10.2 Å². The molecule has 0 radical (unpaired) electrons. The predicted octanol–water partition coefficient (Wildman–Crippen LogP) is 1.42. The van der Waals surface area contributed by atoms with E-state index in [-0.39, 0.29) is 25.0 Å². The van der Waals surface area contributed by atoms with E-state index in [4.69, 9.17) is 5.73 Å². The van der Waals surface area contributed by atoms with Crippen molar-refractivity contribution in [3.05, 3.63) is 35.9 Å². The summed E-state index contributed by atoms with van der Waals surface area (Å²) >= 11 is 0. The molecule has 1 rings (SSSR count). The minimum Gasteiger partial charge on any atom is -0.469 e. The van der Waals surface area contributed by atoms with E-state index in [1.54, 1.807) is 4.90 Å². The lowest BCUT2D eigenvalue weighted by Crippen LogP contribution is -2.41. The first-order valence-corrected chi connectivity index (χ1v) is 7.94. The summed E-state index contributed by atoms with van der Waals surface area (Å²) in [6.07, 6.45) is 1.77. The second kappa shape index (κ2) is 11.0. The summed E-state index contributed by atoms with van der Waals surface area (Å²) in [5, 5.41) is 2.80. The van der Waals surface area contributed by atoms with Crippen LogP contribution in [-0.2, 0) is 20.9 Å². The van der Waals surface area contributed by atoms with Crippen LogP contribution in [0.5, 0.6) is 0 Å². The molecule has 132 valence electrons. The van der Waals surface area contributed by atoms with Gasteiger partial charge in [-0.3, -0.25) is 9.59 Å². The summed E-state index contributed by atoms with van der Waals surface area (Å²) in [6, 6.07) is 9.28. The van der Waals surface area contributed by atoms with Gasteiger partial charge in [-0.25, -0.2) is 4.79 Å². The van der Waals surface area contributed by atoms with E-state index in [0.717, 1.165) is 5.56 Å². The number of amides is 3. The largest absolute Gasteiger partial charge is 0.469 e. The molecule has 7 nitrogen and oxygen atoms in total. The second-order valence-corrected chi connectivity index (χ2v) is 5.39. The molecule has 1 aromatic rings. The predicted molar refractivity (Wildman–Crippen MR) is 89.9 cm³/mol. The van der Waals surface area contributed by atoms with Crippen LogP contribution in [0.1, 0.15) is 31.2 Å². The number of hydrogen-bond acceptors (Lipinski definition) is 4. The number of carbonyl (C=O) groups excluding carboxylic acids is 3. The van der Waals surface area contributed by atoms with Crippen LogP contribution in [0.25, 0.3) is 0 Å². The fraction of sp³-hybridized carbons (Fsp3) is 0.471. The third kappa shape index (κ3) is 8.17. The fourth-order valence-electron chi connectivity index (χ4n) is 2.10. The highest BCUT2D eigenvalue weighted by Crippen LogP contribution is 2.06. The molecule has 0 fully saturated rings. The van der Waals surface area contributed by atoms with Gasteiger partial charge >= 0.3 is 12.0 Å². The number of nitrogens with two attached hydrogens (primary N) is 1. The summed E-state index contributed by atoms with van der Waals surface area (Å²) in [5.41, 5.74) is 6.15. The number of hydrogen-bond donors (Lipinski definition) is 2. The number of urea groups is 1. The molecule has 0 unspecified atom stereocenters. The number of rotatable bonds is 10. The lowest BCUT2D eigenvalue weighted by molar-refractivity contribution is -0.140. The fourth-order valence-corrected chi connectivity index (χ4v) is 2.10. The molecule has 0 saturated heterocycles. The van der Waals surface area contributed by atoms with Crippen LogP contribution in [0.4, 0.5) is 4.79 Å². The molecule has 3 amide bonds. The first-order chi connectivity index (χ1) is 11.5. The third-order valence-electron chi connectivity index (χ3n) is 3.44. The maximum Gasteiger partial charge on any atom is 0.317 e. The van der Waals surface area contributed by atoms with Crippen molar-refractivity contribution in [2.24, 2.45) is 5.73 Å². The molecule has 0 aliphatic heterocycles. The molecule has 0 saturated carbocycles. The van der Waals surface area contributed by atoms with Crippen LogP contribution in [-0.4, -0.2) is 43.0 Å². The van der Waals surface area contributed by atoms with E-state index < -0.39 is 5.91 Å². The maximum absolute atomic E-state index is 12.3. The van der Waals surface area contributed by atoms with E-state index in [1.807, 2.05) is 30.3 Å². The smallest absolute Gasteiger partial charge is 0.317 e. The van der Waals surface area contributed by atoms with Gasteiger partial charge in [0.05, 0.1) is 7.11 Å². The average Bonchev–Trinajstić information content (AvgIpc) is 2.58. The zero-order chi connectivity index (χ0) is 17.8. The molecule has 3 N–H and O–H groups in total. The molecule has 0 aliphatic rings. The summed E-state index contributed by atoms with van der Waals surface area (Å²) in [7, 11) is 1.35. The van der Waals surface area contributed by atoms with Crippen molar-refractivity contribution >= 4 is 17.9 Å². The Balaban J connectivity index is 2.44. The van der Waals surface area contributed by atoms with Crippen LogP contribution >= 0.6 is 0 Å². The van der Waals surface area contributed by atoms with Crippen molar-refractivity contribution in [1.29, 1.82) is 0 Å². The van der Waals surface area contributed by atoms with Crippen molar-refractivity contribution in [3.63, 3.8) is 0 Å². The van der Waals surface area contributed by atoms with Gasteiger partial charge in [0.1, 0.15) is 0 Å². The van der Waals surface area contributed by atoms with E-state index in [2.05, 4.69) is 10.1 Å². The number of carbonyl (C=O) groups is 3. The average molecular weight is 335 g/mol. The summed E-state index contributed by atoms with van der Waals surface area (Å²) in [6.45, 7) is 1.12. The lowest BCUT2D eigenvalue weighted by atomic mass is 10.2. The molecule has 0 heterocycles. The minimum atomic E-state index is -0.445. The number of nitrogens with one attached hydrogen (secondary N) is 1. The lowest BCUT2D eigenvalue weighted by Gasteiger charge is -2.22. The van der Waals surface area contributed by atoms with Gasteiger partial charge in [-0.15, -0.1) is 0 Å². The highest BCUT2D eigenvalue weighted by molar-refractivity contribution is 5.77. The minimum absolute atomic E-state index is 0.114. The molecule has 0 aromatic heterocycles. The molecule has 0 aliphatic carbocycles. The SMILES string of the molecule is COC(=O)CCCCNC(=O)N(CCC(N)=O)Cc1ccccc1. The van der Waals surface area contributed by atoms with Crippen LogP contribution in [0.3, 0.4) is 0 Å². The topological polar surface area (TPSA) is 102 Å². The van der Waals surface area contributed by atoms with Crippen molar-refractivity contribution < 1.29 is 19.1 Å². The number of benzene rings is 1. The van der Waals surface area contributed by atoms with Gasteiger partial charge in [-0.2, -0.15) is 0 Å². The molecule has 1 aromatic carbocycles. The Morgan fingerprint density at radius 1 is 1.12 bits per heavy atom. The number of ether oxygens (including phenoxy) is 1. The summed E-state index contributed by atoms with van der Waals surface area (Å²) < 4.78 is 4.56. The van der Waals surface area contributed by atoms with E-state index in [9.17, 15) is 14.4 Å². The van der Waals surface area contributed by atoms with Crippen LogP contribution in [0.15, 0.2) is 30.3 Å². The molecular weight excluding hydrogens is 310 g/mol. The van der Waals surface area contributed by atoms with E-state index in [1.165, 1.54) is 7.11 Å². The molecule has 24 heavy (non-hydrogen) atoms. The number of primary amides is 1. The molecule has 0 atom stereocenters. The van der Waals surface area contributed by atoms with E-state index >= 15 is 0 Å². The Hall–Kier alpha value is -2.57. The van der Waals surface area contributed by atoms with Gasteiger partial charge in [0.2, 0.25) is 5.91 Å². The van der Waals surface area contributed by atoms with Gasteiger partial charge in [-0.1, -0.05) is 30.3 Å². The Labute approximate surface area is 142 Å². The molecule has 0 bridgehead atoms. The van der Waals surface area contributed by atoms with E-state index in [0.29, 0.717) is 32.4 Å². The second-order valence-electron chi connectivity index (χ2n) is 5.39. The normalized spacial score (nSPS) is 10.0. The summed E-state index contributed by atoms with van der Waals surface area (Å²) in [4.78, 5) is 35.8. The third-order valence-corrected chi connectivity index (χ3v) is 3.44. The highest BCUT2D eigenvalue weighted by Gasteiger charge is 2.14. The summed E-state index contributed by atoms with van der Waals surface area (Å²) in [5.74, 6) is -0.701. The van der Waals surface area contributed by atoms with Crippen LogP contribution < -0.4 is 11.1 Å². The Morgan fingerprint density at radius 2 is 1.83 bits per heavy atom. The van der Waals surface area contributed by atoms with Gasteiger partial charge in [0.15, 0.2) is 0 Å². The highest BCUT2D eigenvalue weighted by atomic mass is 16.5. The zero-order valence-corrected chi connectivity index (χ0v) is 14.0. The van der Waals surface area contributed by atoms with Crippen LogP contribution in [0, 0.1) is 0 Å². The van der Waals surface area contributed by atoms with Crippen molar-refractivity contribution in [3.8, 4) is 0 Å². The Kier molecular flexibility index (Phi) is 8.96. The van der Waals surface area contributed by atoms with Crippen molar-refractivity contribution in [2.45, 2.75) is 32.2 Å². The first kappa shape index (κ1) is 19.5. The zero-order valence-electron chi connectivity index (χ0n) is 14.0. The quantitative estimate of drug-likeness (QED) is 0.498. The Bertz CT molecular complexity index is 534. The van der Waals surface area contributed by atoms with Gasteiger partial charge in [0.25, 0.3) is 0 Å². The maximum atomic E-state index is 12.3. The number of esters is 1. The van der Waals surface area contributed by atoms with Gasteiger partial charge < -0.3 is 20.7 Å². The molecule has 7 heteroatoms. The Morgan fingerprint density at radius 3 is 2.46 bits per heavy atom. The number of unbranched alkanes of at least 4 members (excludes halogenated alkanes) is 1. The number of methoxy groups -OCH3 is 1. The standard InChI is InChI=1S/C17H25N3O4/c1-24-16(22)9-5-6-11-19-17(23)20(12-10-15(18)21)13-14-7-3-2-4-8-14/h2-4,7-8H,5-6,9-13H2,1H3,(H2,18,21)(H,19,23). The van der Waals surface area contributed by atoms with Gasteiger partial charge in [-0.05, 0) is 18.4 Å². The van der Waals surface area contributed by atoms with Gasteiger partial charge in [0, 0.05) is 32.5 Å². The number of nitrogens with zero attached hydrogens (tertiary/aromatic N) is 1. The molecular formula is C17H25N3O4. The first-order valence-electron chi connectivity index (χ1n) is 7.94. The molecule has 0 spiro atoms.